The lowest BCUT2D eigenvalue weighted by Crippen LogP contribution is -2.12. The fourth-order valence-corrected chi connectivity index (χ4v) is 1.18. The highest BCUT2D eigenvalue weighted by Gasteiger charge is 2.06. The smallest absolute Gasteiger partial charge is 0.0603 e. The Kier molecular flexibility index (Phi) is 3.00. The zero-order chi connectivity index (χ0) is 8.97. The molecule has 2 nitrogen and oxygen atoms in total. The molecule has 2 N–H and O–H groups in total. The third-order valence-electron chi connectivity index (χ3n) is 1.82. The molecule has 0 unspecified atom stereocenters. The van der Waals surface area contributed by atoms with Gasteiger partial charge in [0.2, 0.25) is 0 Å². The van der Waals surface area contributed by atoms with Gasteiger partial charge in [0.05, 0.1) is 11.7 Å². The number of pyridine rings is 1. The van der Waals surface area contributed by atoms with E-state index < -0.39 is 0 Å². The van der Waals surface area contributed by atoms with Gasteiger partial charge in [-0.3, -0.25) is 4.98 Å². The Balaban J connectivity index is 2.86. The van der Waals surface area contributed by atoms with Gasteiger partial charge in [0.25, 0.3) is 0 Å². The molecular formula is C10H14N2. The van der Waals surface area contributed by atoms with E-state index in [0.717, 1.165) is 17.7 Å². The average molecular weight is 162 g/mol. The molecule has 0 saturated heterocycles. The van der Waals surface area contributed by atoms with Gasteiger partial charge in [-0.25, -0.2) is 0 Å². The van der Waals surface area contributed by atoms with E-state index in [1.807, 2.05) is 25.1 Å². The maximum Gasteiger partial charge on any atom is 0.0603 e. The van der Waals surface area contributed by atoms with Crippen LogP contribution in [0.4, 0.5) is 0 Å². The van der Waals surface area contributed by atoms with Crippen molar-refractivity contribution in [2.45, 2.75) is 19.4 Å². The first-order valence-corrected chi connectivity index (χ1v) is 4.03. The third-order valence-corrected chi connectivity index (χ3v) is 1.82. The van der Waals surface area contributed by atoms with Gasteiger partial charge in [0, 0.05) is 6.20 Å². The summed E-state index contributed by atoms with van der Waals surface area (Å²) in [5, 5.41) is 0. The lowest BCUT2D eigenvalue weighted by atomic mass is 10.1. The van der Waals surface area contributed by atoms with Crippen molar-refractivity contribution in [3.05, 3.63) is 42.2 Å². The number of hydrogen-bond acceptors (Lipinski definition) is 2. The molecule has 0 aliphatic rings. The van der Waals surface area contributed by atoms with Crippen LogP contribution in [0.15, 0.2) is 31.0 Å². The molecule has 0 aromatic carbocycles. The van der Waals surface area contributed by atoms with E-state index in [2.05, 4.69) is 11.6 Å². The van der Waals surface area contributed by atoms with Crippen molar-refractivity contribution in [2.75, 3.05) is 0 Å². The van der Waals surface area contributed by atoms with Gasteiger partial charge in [-0.05, 0) is 25.0 Å². The Morgan fingerprint density at radius 3 is 3.08 bits per heavy atom. The van der Waals surface area contributed by atoms with Crippen LogP contribution >= 0.6 is 0 Å². The summed E-state index contributed by atoms with van der Waals surface area (Å²) in [5.41, 5.74) is 7.99. The summed E-state index contributed by atoms with van der Waals surface area (Å²) >= 11 is 0. The Hall–Kier alpha value is -1.15. The summed E-state index contributed by atoms with van der Waals surface area (Å²) in [7, 11) is 0. The van der Waals surface area contributed by atoms with Gasteiger partial charge in [0.1, 0.15) is 0 Å². The highest BCUT2D eigenvalue weighted by atomic mass is 14.8. The highest BCUT2D eigenvalue weighted by molar-refractivity contribution is 5.21. The quantitative estimate of drug-likeness (QED) is 0.690. The molecular weight excluding hydrogens is 148 g/mol. The predicted molar refractivity (Wildman–Crippen MR) is 50.7 cm³/mol. The molecule has 0 fully saturated rings. The Morgan fingerprint density at radius 1 is 1.75 bits per heavy atom. The first-order valence-electron chi connectivity index (χ1n) is 4.03. The predicted octanol–water partition coefficient (Wildman–Crippen LogP) is 1.97. The Bertz CT molecular complexity index is 268. The van der Waals surface area contributed by atoms with Crippen molar-refractivity contribution in [2.24, 2.45) is 5.73 Å². The van der Waals surface area contributed by atoms with Crippen molar-refractivity contribution in [3.8, 4) is 0 Å². The molecule has 1 rings (SSSR count). The van der Waals surface area contributed by atoms with Crippen LogP contribution in [0.1, 0.15) is 23.7 Å². The average Bonchev–Trinajstić information content (AvgIpc) is 2.05. The summed E-state index contributed by atoms with van der Waals surface area (Å²) < 4.78 is 0. The van der Waals surface area contributed by atoms with Gasteiger partial charge in [-0.2, -0.15) is 0 Å². The summed E-state index contributed by atoms with van der Waals surface area (Å²) in [5.74, 6) is 0. The minimum absolute atomic E-state index is 0.0105. The zero-order valence-electron chi connectivity index (χ0n) is 7.33. The largest absolute Gasteiger partial charge is 0.322 e. The summed E-state index contributed by atoms with van der Waals surface area (Å²) in [4.78, 5) is 4.22. The number of rotatable bonds is 3. The third kappa shape index (κ3) is 1.92. The van der Waals surface area contributed by atoms with Crippen LogP contribution in [0, 0.1) is 6.92 Å². The van der Waals surface area contributed by atoms with E-state index in [4.69, 9.17) is 5.73 Å². The zero-order valence-corrected chi connectivity index (χ0v) is 7.33. The molecule has 0 spiro atoms. The molecule has 0 bridgehead atoms. The fourth-order valence-electron chi connectivity index (χ4n) is 1.18. The van der Waals surface area contributed by atoms with E-state index in [1.165, 1.54) is 0 Å². The van der Waals surface area contributed by atoms with Gasteiger partial charge >= 0.3 is 0 Å². The van der Waals surface area contributed by atoms with Crippen LogP contribution in [0.2, 0.25) is 0 Å². The van der Waals surface area contributed by atoms with Gasteiger partial charge in [-0.15, -0.1) is 6.58 Å². The SMILES string of the molecule is C=CC[C@@H](N)c1ncccc1C. The van der Waals surface area contributed by atoms with Crippen LogP contribution in [0.25, 0.3) is 0 Å². The second-order valence-electron chi connectivity index (χ2n) is 2.84. The molecule has 64 valence electrons. The minimum Gasteiger partial charge on any atom is -0.322 e. The molecule has 12 heavy (non-hydrogen) atoms. The molecule has 2 heteroatoms. The Morgan fingerprint density at radius 2 is 2.50 bits per heavy atom. The van der Waals surface area contributed by atoms with E-state index in [0.29, 0.717) is 0 Å². The molecule has 1 atom stereocenters. The molecule has 0 aliphatic carbocycles. The maximum absolute atomic E-state index is 5.87. The fraction of sp³-hybridized carbons (Fsp3) is 0.300. The molecule has 0 amide bonds. The number of aromatic nitrogens is 1. The minimum atomic E-state index is -0.0105. The van der Waals surface area contributed by atoms with Crippen LogP contribution in [0.3, 0.4) is 0 Å². The summed E-state index contributed by atoms with van der Waals surface area (Å²) in [6.45, 7) is 5.67. The van der Waals surface area contributed by atoms with Crippen LogP contribution in [-0.2, 0) is 0 Å². The molecule has 1 aromatic heterocycles. The lowest BCUT2D eigenvalue weighted by molar-refractivity contribution is 0.707. The highest BCUT2D eigenvalue weighted by Crippen LogP contribution is 2.14. The van der Waals surface area contributed by atoms with Gasteiger partial charge in [0.15, 0.2) is 0 Å². The Labute approximate surface area is 73.1 Å². The molecule has 1 aromatic rings. The summed E-state index contributed by atoms with van der Waals surface area (Å²) in [6.07, 6.45) is 4.36. The first-order chi connectivity index (χ1) is 5.75. The van der Waals surface area contributed by atoms with E-state index in [1.54, 1.807) is 6.20 Å². The molecule has 1 heterocycles. The molecule has 0 saturated carbocycles. The number of nitrogens with two attached hydrogens (primary N) is 1. The van der Waals surface area contributed by atoms with Crippen molar-refractivity contribution in [1.29, 1.82) is 0 Å². The first kappa shape index (κ1) is 8.94. The van der Waals surface area contributed by atoms with Crippen molar-refractivity contribution >= 4 is 0 Å². The number of aryl methyl sites for hydroxylation is 1. The second-order valence-corrected chi connectivity index (χ2v) is 2.84. The van der Waals surface area contributed by atoms with Crippen LogP contribution in [0.5, 0.6) is 0 Å². The summed E-state index contributed by atoms with van der Waals surface area (Å²) in [6, 6.07) is 3.92. The monoisotopic (exact) mass is 162 g/mol. The lowest BCUT2D eigenvalue weighted by Gasteiger charge is -2.10. The van der Waals surface area contributed by atoms with Crippen molar-refractivity contribution in [3.63, 3.8) is 0 Å². The van der Waals surface area contributed by atoms with Gasteiger partial charge < -0.3 is 5.73 Å². The van der Waals surface area contributed by atoms with Crippen LogP contribution < -0.4 is 5.73 Å². The number of hydrogen-bond donors (Lipinski definition) is 1. The second kappa shape index (κ2) is 4.02. The van der Waals surface area contributed by atoms with Crippen molar-refractivity contribution < 1.29 is 0 Å². The van der Waals surface area contributed by atoms with Crippen LogP contribution in [-0.4, -0.2) is 4.98 Å². The normalized spacial score (nSPS) is 12.5. The van der Waals surface area contributed by atoms with E-state index in [9.17, 15) is 0 Å². The standard InChI is InChI=1S/C10H14N2/c1-3-5-9(11)10-8(2)6-4-7-12-10/h3-4,6-7,9H,1,5,11H2,2H3/t9-/m1/s1. The number of nitrogens with zero attached hydrogens (tertiary/aromatic N) is 1. The van der Waals surface area contributed by atoms with Gasteiger partial charge in [-0.1, -0.05) is 12.1 Å². The van der Waals surface area contributed by atoms with E-state index in [-0.39, 0.29) is 6.04 Å². The molecule has 0 radical (unpaired) electrons. The topological polar surface area (TPSA) is 38.9 Å². The van der Waals surface area contributed by atoms with Crippen molar-refractivity contribution in [1.82, 2.24) is 4.98 Å². The maximum atomic E-state index is 5.87. The molecule has 0 aliphatic heterocycles. The van der Waals surface area contributed by atoms with E-state index >= 15 is 0 Å².